The van der Waals surface area contributed by atoms with E-state index in [1.807, 2.05) is 0 Å². The maximum atomic E-state index is 13.1. The third-order valence-electron chi connectivity index (χ3n) is 7.38. The molecule has 0 aliphatic carbocycles. The van der Waals surface area contributed by atoms with Crippen molar-refractivity contribution >= 4 is 94.4 Å². The van der Waals surface area contributed by atoms with Crippen LogP contribution in [0.15, 0.2) is 18.2 Å². The largest absolute Gasteiger partial charge is 0.480 e. The second-order valence-electron chi connectivity index (χ2n) is 12.1. The van der Waals surface area contributed by atoms with Crippen LogP contribution in [-0.2, 0) is 59.1 Å². The van der Waals surface area contributed by atoms with E-state index in [1.165, 1.54) is 18.2 Å². The first kappa shape index (κ1) is 50.2. The normalized spacial score (nSPS) is 12.7. The van der Waals surface area contributed by atoms with E-state index < -0.39 is 102 Å². The van der Waals surface area contributed by atoms with Gasteiger partial charge in [0.15, 0.2) is 0 Å². The SMILES string of the molecule is COC(=O)c1ccc(NC(=O)CSCC(NC(=O)CCC(N)C(=O)O)C(=O)NCC(=O)O)c(CC(=O)CSCC(NC(=O)CCC(N)C(=O)O)C(=O)NCC(=O)O)c1. The van der Waals surface area contributed by atoms with Crippen molar-refractivity contribution in [2.45, 2.75) is 56.3 Å². The quantitative estimate of drug-likeness (QED) is 0.0369. The number of carbonyl (C=O) groups is 11. The van der Waals surface area contributed by atoms with Crippen LogP contribution in [0.2, 0.25) is 0 Å². The molecular formula is C33H45N7O16S2. The van der Waals surface area contributed by atoms with Crippen molar-refractivity contribution < 1.29 is 77.9 Å². The molecule has 13 N–H and O–H groups in total. The maximum Gasteiger partial charge on any atom is 0.337 e. The van der Waals surface area contributed by atoms with Crippen LogP contribution >= 0.6 is 23.5 Å². The van der Waals surface area contributed by atoms with E-state index in [4.69, 9.17) is 36.6 Å². The fraction of sp³-hybridized carbons (Fsp3) is 0.485. The van der Waals surface area contributed by atoms with Crippen LogP contribution in [-0.4, -0.2) is 153 Å². The number of ketones is 1. The molecule has 0 saturated heterocycles. The molecule has 320 valence electrons. The molecule has 0 fully saturated rings. The van der Waals surface area contributed by atoms with Crippen LogP contribution in [0.25, 0.3) is 0 Å². The summed E-state index contributed by atoms with van der Waals surface area (Å²) in [6, 6.07) is -1.39. The number of nitrogens with two attached hydrogens (primary N) is 2. The number of carboxylic acid groups (broad SMARTS) is 4. The van der Waals surface area contributed by atoms with Gasteiger partial charge in [0.1, 0.15) is 43.0 Å². The number of carbonyl (C=O) groups excluding carboxylic acids is 7. The number of rotatable bonds is 28. The number of methoxy groups -OCH3 is 1. The highest BCUT2D eigenvalue weighted by atomic mass is 32.2. The summed E-state index contributed by atoms with van der Waals surface area (Å²) >= 11 is 1.75. The van der Waals surface area contributed by atoms with Gasteiger partial charge < -0.3 is 63.2 Å². The number of aliphatic carboxylic acids is 4. The van der Waals surface area contributed by atoms with Gasteiger partial charge in [-0.05, 0) is 36.6 Å². The summed E-state index contributed by atoms with van der Waals surface area (Å²) in [5, 5.41) is 47.2. The van der Waals surface area contributed by atoms with E-state index in [1.54, 1.807) is 0 Å². The van der Waals surface area contributed by atoms with Crippen molar-refractivity contribution in [1.29, 1.82) is 0 Å². The number of amides is 5. The second kappa shape index (κ2) is 26.2. The Labute approximate surface area is 338 Å². The Morgan fingerprint density at radius 1 is 0.690 bits per heavy atom. The zero-order chi connectivity index (χ0) is 43.9. The van der Waals surface area contributed by atoms with Crippen molar-refractivity contribution in [2.24, 2.45) is 11.5 Å². The predicted octanol–water partition coefficient (Wildman–Crippen LogP) is -3.25. The lowest BCUT2D eigenvalue weighted by Crippen LogP contribution is -2.49. The number of esters is 1. The summed E-state index contributed by atoms with van der Waals surface area (Å²) in [6.07, 6.45) is -1.60. The summed E-state index contributed by atoms with van der Waals surface area (Å²) in [6.45, 7) is -1.54. The molecule has 5 amide bonds. The summed E-state index contributed by atoms with van der Waals surface area (Å²) in [4.78, 5) is 132. The van der Waals surface area contributed by atoms with Gasteiger partial charge in [-0.1, -0.05) is 0 Å². The average molecular weight is 860 g/mol. The van der Waals surface area contributed by atoms with Crippen molar-refractivity contribution in [3.05, 3.63) is 29.3 Å². The minimum atomic E-state index is -1.37. The minimum absolute atomic E-state index is 0.0288. The molecule has 4 unspecified atom stereocenters. The number of anilines is 1. The molecule has 0 bridgehead atoms. The van der Waals surface area contributed by atoms with Crippen LogP contribution < -0.4 is 38.1 Å². The van der Waals surface area contributed by atoms with Gasteiger partial charge in [-0.25, -0.2) is 4.79 Å². The van der Waals surface area contributed by atoms with Crippen molar-refractivity contribution in [3.8, 4) is 0 Å². The summed E-state index contributed by atoms with van der Waals surface area (Å²) in [5.41, 5.74) is 11.1. The Balaban J connectivity index is 3.02. The summed E-state index contributed by atoms with van der Waals surface area (Å²) < 4.78 is 4.74. The molecule has 0 spiro atoms. The Hall–Kier alpha value is -5.79. The molecule has 58 heavy (non-hydrogen) atoms. The van der Waals surface area contributed by atoms with Gasteiger partial charge in [-0.15, -0.1) is 11.8 Å². The fourth-order valence-electron chi connectivity index (χ4n) is 4.41. The minimum Gasteiger partial charge on any atom is -0.480 e. The average Bonchev–Trinajstić information content (AvgIpc) is 3.16. The standard InChI is InChI=1S/C33H45N7O16S2/c1-56-33(55)16-2-5-21(38-26(44)15-58-14-23(30(50)37-11-28(47)48)40-25(43)7-4-20(35)32(53)54)17(8-16)9-18(41)12-57-13-22(29(49)36-10-27(45)46)39-24(42)6-3-19(34)31(51)52/h2,5,8,19-20,22-23H,3-4,6-7,9-15,34-35H2,1H3,(H,36,49)(H,37,50)(H,38,44)(H,39,42)(H,40,43)(H,45,46)(H,47,48)(H,51,52)(H,53,54). The highest BCUT2D eigenvalue weighted by molar-refractivity contribution is 8.00. The lowest BCUT2D eigenvalue weighted by atomic mass is 10.0. The van der Waals surface area contributed by atoms with Crippen LogP contribution in [0.1, 0.15) is 41.6 Å². The Kier molecular flexibility index (Phi) is 22.7. The number of hydrogen-bond donors (Lipinski definition) is 11. The van der Waals surface area contributed by atoms with Gasteiger partial charge in [-0.2, -0.15) is 11.8 Å². The molecule has 0 heterocycles. The van der Waals surface area contributed by atoms with Gasteiger partial charge in [0.05, 0.1) is 24.2 Å². The van der Waals surface area contributed by atoms with Gasteiger partial charge in [0.2, 0.25) is 29.5 Å². The van der Waals surface area contributed by atoms with Gasteiger partial charge >= 0.3 is 29.8 Å². The van der Waals surface area contributed by atoms with Gasteiger partial charge in [-0.3, -0.25) is 47.9 Å². The van der Waals surface area contributed by atoms with Gasteiger partial charge in [0, 0.05) is 36.5 Å². The highest BCUT2D eigenvalue weighted by Crippen LogP contribution is 2.21. The lowest BCUT2D eigenvalue weighted by Gasteiger charge is -2.18. The molecule has 0 aliphatic rings. The van der Waals surface area contributed by atoms with Crippen LogP contribution in [0.3, 0.4) is 0 Å². The third-order valence-corrected chi connectivity index (χ3v) is 9.51. The number of benzene rings is 1. The van der Waals surface area contributed by atoms with E-state index in [9.17, 15) is 52.7 Å². The molecule has 4 atom stereocenters. The molecule has 0 radical (unpaired) electrons. The predicted molar refractivity (Wildman–Crippen MR) is 205 cm³/mol. The van der Waals surface area contributed by atoms with E-state index in [0.717, 1.165) is 30.6 Å². The topological polar surface area (TPSA) is 390 Å². The molecule has 1 aromatic rings. The van der Waals surface area contributed by atoms with Crippen LogP contribution in [0.4, 0.5) is 5.69 Å². The zero-order valence-electron chi connectivity index (χ0n) is 31.0. The first-order valence-corrected chi connectivity index (χ1v) is 19.3. The Bertz CT molecular complexity index is 1710. The number of hydrogen-bond acceptors (Lipinski definition) is 16. The summed E-state index contributed by atoms with van der Waals surface area (Å²) in [7, 11) is 1.13. The third kappa shape index (κ3) is 20.4. The number of carboxylic acids is 4. The van der Waals surface area contributed by atoms with Crippen molar-refractivity contribution in [1.82, 2.24) is 21.3 Å². The monoisotopic (exact) mass is 859 g/mol. The Morgan fingerprint density at radius 3 is 1.59 bits per heavy atom. The number of Topliss-reactive ketones (excluding diaryl/α,β-unsaturated/α-hetero) is 1. The molecule has 23 nitrogen and oxygen atoms in total. The molecule has 1 rings (SSSR count). The van der Waals surface area contributed by atoms with E-state index in [0.29, 0.717) is 0 Å². The fourth-order valence-corrected chi connectivity index (χ4v) is 6.17. The molecule has 0 aliphatic heterocycles. The van der Waals surface area contributed by atoms with E-state index in [-0.39, 0.29) is 71.9 Å². The van der Waals surface area contributed by atoms with Gasteiger partial charge in [0.25, 0.3) is 0 Å². The first-order valence-electron chi connectivity index (χ1n) is 17.0. The van der Waals surface area contributed by atoms with E-state index >= 15 is 0 Å². The summed E-state index contributed by atoms with van der Waals surface area (Å²) in [5.74, 6) is -11.6. The molecule has 25 heteroatoms. The Morgan fingerprint density at radius 2 is 1.16 bits per heavy atom. The van der Waals surface area contributed by atoms with Crippen LogP contribution in [0, 0.1) is 0 Å². The van der Waals surface area contributed by atoms with E-state index in [2.05, 4.69) is 26.6 Å². The second-order valence-corrected chi connectivity index (χ2v) is 14.1. The van der Waals surface area contributed by atoms with Crippen molar-refractivity contribution in [2.75, 3.05) is 48.5 Å². The molecule has 1 aromatic carbocycles. The van der Waals surface area contributed by atoms with Crippen molar-refractivity contribution in [3.63, 3.8) is 0 Å². The number of nitrogens with one attached hydrogen (secondary N) is 5. The van der Waals surface area contributed by atoms with Crippen LogP contribution in [0.5, 0.6) is 0 Å². The molecule has 0 saturated carbocycles. The number of ether oxygens (including phenoxy) is 1. The first-order chi connectivity index (χ1) is 27.2. The maximum absolute atomic E-state index is 13.1. The molecule has 0 aromatic heterocycles. The highest BCUT2D eigenvalue weighted by Gasteiger charge is 2.25. The molecular weight excluding hydrogens is 815 g/mol. The lowest BCUT2D eigenvalue weighted by molar-refractivity contribution is -0.140. The number of thioether (sulfide) groups is 2. The smallest absolute Gasteiger partial charge is 0.337 e. The zero-order valence-corrected chi connectivity index (χ0v) is 32.6.